The maximum atomic E-state index is 11.8. The number of hydrogen-bond donors (Lipinski definition) is 1. The molecule has 0 saturated heterocycles. The lowest BCUT2D eigenvalue weighted by Crippen LogP contribution is -2.36. The third kappa shape index (κ3) is 3.91. The summed E-state index contributed by atoms with van der Waals surface area (Å²) >= 11 is 0. The summed E-state index contributed by atoms with van der Waals surface area (Å²) in [6.07, 6.45) is 0. The van der Waals surface area contributed by atoms with E-state index in [2.05, 4.69) is 0 Å². The molecule has 1 rings (SSSR count). The summed E-state index contributed by atoms with van der Waals surface area (Å²) in [7, 11) is 1.56. The number of carboxylic acids is 1. The maximum absolute atomic E-state index is 11.8. The SMILES string of the molecule is CC(C)N(C)C(=O)COc1c(C(=O)O)cccc1[N+](=O)[O-]. The van der Waals surface area contributed by atoms with Gasteiger partial charge in [-0.05, 0) is 19.9 Å². The lowest BCUT2D eigenvalue weighted by Gasteiger charge is -2.21. The van der Waals surface area contributed by atoms with Crippen molar-refractivity contribution in [3.05, 3.63) is 33.9 Å². The Morgan fingerprint density at radius 2 is 2.05 bits per heavy atom. The second-order valence-electron chi connectivity index (χ2n) is 4.60. The van der Waals surface area contributed by atoms with Gasteiger partial charge in [-0.25, -0.2) is 4.79 Å². The van der Waals surface area contributed by atoms with E-state index in [1.807, 2.05) is 0 Å². The first-order valence-electron chi connectivity index (χ1n) is 6.14. The van der Waals surface area contributed by atoms with Gasteiger partial charge in [0.2, 0.25) is 5.75 Å². The zero-order valence-electron chi connectivity index (χ0n) is 11.9. The number of nitrogens with zero attached hydrogens (tertiary/aromatic N) is 2. The number of aromatic carboxylic acids is 1. The largest absolute Gasteiger partial charge is 0.478 e. The van der Waals surface area contributed by atoms with Crippen LogP contribution in [0, 0.1) is 10.1 Å². The minimum atomic E-state index is -1.36. The molecule has 8 nitrogen and oxygen atoms in total. The summed E-state index contributed by atoms with van der Waals surface area (Å²) in [5.74, 6) is -2.18. The van der Waals surface area contributed by atoms with Crippen molar-refractivity contribution in [2.24, 2.45) is 0 Å². The highest BCUT2D eigenvalue weighted by Crippen LogP contribution is 2.30. The van der Waals surface area contributed by atoms with Gasteiger partial charge in [-0.3, -0.25) is 14.9 Å². The standard InChI is InChI=1S/C13H16N2O6/c1-8(2)14(3)11(16)7-21-12-9(13(17)18)5-4-6-10(12)15(19)20/h4-6,8H,7H2,1-3H3,(H,17,18). The molecule has 0 saturated carbocycles. The molecule has 0 radical (unpaired) electrons. The number of amides is 1. The van der Waals surface area contributed by atoms with Crippen LogP contribution in [0.5, 0.6) is 5.75 Å². The van der Waals surface area contributed by atoms with E-state index in [4.69, 9.17) is 9.84 Å². The molecule has 1 aromatic carbocycles. The summed E-state index contributed by atoms with van der Waals surface area (Å²) in [5.41, 5.74) is -0.848. The van der Waals surface area contributed by atoms with E-state index >= 15 is 0 Å². The molecule has 0 aliphatic rings. The number of ether oxygens (including phenoxy) is 1. The highest BCUT2D eigenvalue weighted by atomic mass is 16.6. The number of carboxylic acid groups (broad SMARTS) is 1. The number of likely N-dealkylation sites (N-methyl/N-ethyl adjacent to an activating group) is 1. The van der Waals surface area contributed by atoms with Gasteiger partial charge in [0.25, 0.3) is 5.91 Å². The Balaban J connectivity index is 3.04. The van der Waals surface area contributed by atoms with Gasteiger partial charge in [0, 0.05) is 19.2 Å². The molecule has 0 fully saturated rings. The van der Waals surface area contributed by atoms with E-state index in [0.717, 1.165) is 6.07 Å². The van der Waals surface area contributed by atoms with Gasteiger partial charge in [-0.1, -0.05) is 6.07 Å². The predicted molar refractivity (Wildman–Crippen MR) is 73.5 cm³/mol. The van der Waals surface area contributed by atoms with Crippen LogP contribution < -0.4 is 4.74 Å². The molecule has 0 spiro atoms. The van der Waals surface area contributed by atoms with Crippen LogP contribution in [0.3, 0.4) is 0 Å². The monoisotopic (exact) mass is 296 g/mol. The van der Waals surface area contributed by atoms with Crippen molar-refractivity contribution in [1.82, 2.24) is 4.90 Å². The minimum Gasteiger partial charge on any atom is -0.478 e. The van der Waals surface area contributed by atoms with Gasteiger partial charge >= 0.3 is 11.7 Å². The van der Waals surface area contributed by atoms with Crippen molar-refractivity contribution < 1.29 is 24.4 Å². The molecule has 0 bridgehead atoms. The smallest absolute Gasteiger partial charge is 0.339 e. The van der Waals surface area contributed by atoms with Crippen LogP contribution >= 0.6 is 0 Å². The Morgan fingerprint density at radius 1 is 1.43 bits per heavy atom. The third-order valence-corrected chi connectivity index (χ3v) is 2.93. The van der Waals surface area contributed by atoms with Crippen molar-refractivity contribution in [2.75, 3.05) is 13.7 Å². The fourth-order valence-electron chi connectivity index (χ4n) is 1.51. The van der Waals surface area contributed by atoms with Gasteiger partial charge in [0.1, 0.15) is 5.56 Å². The van der Waals surface area contributed by atoms with E-state index in [1.165, 1.54) is 17.0 Å². The van der Waals surface area contributed by atoms with Crippen LogP contribution in [0.15, 0.2) is 18.2 Å². The molecule has 0 aromatic heterocycles. The molecule has 1 N–H and O–H groups in total. The first kappa shape index (κ1) is 16.4. The fourth-order valence-corrected chi connectivity index (χ4v) is 1.51. The normalized spacial score (nSPS) is 10.3. The molecule has 0 aliphatic carbocycles. The predicted octanol–water partition coefficient (Wildman–Crippen LogP) is 1.54. The average Bonchev–Trinajstić information content (AvgIpc) is 2.42. The molecule has 1 aromatic rings. The van der Waals surface area contributed by atoms with E-state index in [1.54, 1.807) is 20.9 Å². The number of nitro benzene ring substituents is 1. The molecular formula is C13H16N2O6. The number of benzene rings is 1. The summed E-state index contributed by atoms with van der Waals surface area (Å²) < 4.78 is 5.11. The molecule has 21 heavy (non-hydrogen) atoms. The molecule has 0 atom stereocenters. The van der Waals surface area contributed by atoms with Crippen molar-refractivity contribution >= 4 is 17.6 Å². The van der Waals surface area contributed by atoms with E-state index in [0.29, 0.717) is 0 Å². The average molecular weight is 296 g/mol. The van der Waals surface area contributed by atoms with Crippen molar-refractivity contribution in [2.45, 2.75) is 19.9 Å². The Bertz CT molecular complexity index is 538. The minimum absolute atomic E-state index is 0.0641. The maximum Gasteiger partial charge on any atom is 0.339 e. The molecule has 1 amide bonds. The summed E-state index contributed by atoms with van der Waals surface area (Å²) in [6.45, 7) is 3.12. The number of carbonyl (C=O) groups is 2. The summed E-state index contributed by atoms with van der Waals surface area (Å²) in [6, 6.07) is 3.49. The Kier molecular flexibility index (Phi) is 5.23. The van der Waals surface area contributed by atoms with Gasteiger partial charge < -0.3 is 14.7 Å². The first-order chi connectivity index (χ1) is 9.75. The van der Waals surface area contributed by atoms with Gasteiger partial charge in [-0.2, -0.15) is 0 Å². The van der Waals surface area contributed by atoms with Gasteiger partial charge in [0.05, 0.1) is 4.92 Å². The highest BCUT2D eigenvalue weighted by Gasteiger charge is 2.24. The number of hydrogen-bond acceptors (Lipinski definition) is 5. The Hall–Kier alpha value is -2.64. The highest BCUT2D eigenvalue weighted by molar-refractivity contribution is 5.92. The summed E-state index contributed by atoms with van der Waals surface area (Å²) in [4.78, 5) is 34.5. The van der Waals surface area contributed by atoms with Crippen molar-refractivity contribution in [1.29, 1.82) is 0 Å². The number of nitro groups is 1. The second-order valence-corrected chi connectivity index (χ2v) is 4.60. The molecule has 8 heteroatoms. The van der Waals surface area contributed by atoms with Crippen LogP contribution in [0.1, 0.15) is 24.2 Å². The topological polar surface area (TPSA) is 110 Å². The first-order valence-corrected chi connectivity index (χ1v) is 6.14. The number of para-hydroxylation sites is 1. The molecule has 0 heterocycles. The fraction of sp³-hybridized carbons (Fsp3) is 0.385. The van der Waals surface area contributed by atoms with Crippen LogP contribution in [0.4, 0.5) is 5.69 Å². The van der Waals surface area contributed by atoms with Crippen LogP contribution in [-0.4, -0.2) is 46.5 Å². The Labute approximate surface area is 121 Å². The van der Waals surface area contributed by atoms with E-state index in [9.17, 15) is 19.7 Å². The number of rotatable bonds is 6. The quantitative estimate of drug-likeness (QED) is 0.629. The molecular weight excluding hydrogens is 280 g/mol. The molecule has 0 aliphatic heterocycles. The van der Waals surface area contributed by atoms with Gasteiger partial charge in [0.15, 0.2) is 6.61 Å². The van der Waals surface area contributed by atoms with Crippen molar-refractivity contribution in [3.8, 4) is 5.75 Å². The lowest BCUT2D eigenvalue weighted by molar-refractivity contribution is -0.385. The lowest BCUT2D eigenvalue weighted by atomic mass is 10.1. The third-order valence-electron chi connectivity index (χ3n) is 2.93. The van der Waals surface area contributed by atoms with E-state index in [-0.39, 0.29) is 11.6 Å². The van der Waals surface area contributed by atoms with E-state index < -0.39 is 34.8 Å². The van der Waals surface area contributed by atoms with Gasteiger partial charge in [-0.15, -0.1) is 0 Å². The molecule has 114 valence electrons. The molecule has 0 unspecified atom stereocenters. The Morgan fingerprint density at radius 3 is 2.52 bits per heavy atom. The zero-order valence-corrected chi connectivity index (χ0v) is 11.9. The second kappa shape index (κ2) is 6.69. The van der Waals surface area contributed by atoms with Crippen molar-refractivity contribution in [3.63, 3.8) is 0 Å². The zero-order chi connectivity index (χ0) is 16.2. The van der Waals surface area contributed by atoms with Crippen LogP contribution in [0.2, 0.25) is 0 Å². The van der Waals surface area contributed by atoms with Crippen LogP contribution in [-0.2, 0) is 4.79 Å². The van der Waals surface area contributed by atoms with Crippen LogP contribution in [0.25, 0.3) is 0 Å². The number of carbonyl (C=O) groups excluding carboxylic acids is 1. The summed E-state index contributed by atoms with van der Waals surface area (Å²) in [5, 5.41) is 20.0.